The van der Waals surface area contributed by atoms with Gasteiger partial charge in [0.15, 0.2) is 9.84 Å². The number of hydrogen-bond donors (Lipinski definition) is 1. The van der Waals surface area contributed by atoms with Gasteiger partial charge in [-0.2, -0.15) is 0 Å². The van der Waals surface area contributed by atoms with Gasteiger partial charge in [0.25, 0.3) is 0 Å². The Balaban J connectivity index is 2.39. The predicted molar refractivity (Wildman–Crippen MR) is 77.2 cm³/mol. The molecule has 112 valence electrons. The first kappa shape index (κ1) is 15.3. The Labute approximate surface area is 119 Å². The molecule has 1 fully saturated rings. The summed E-state index contributed by atoms with van der Waals surface area (Å²) in [5.41, 5.74) is 1.66. The Kier molecular flexibility index (Phi) is 4.07. The molecule has 1 aromatic rings. The Hall–Kier alpha value is -1.14. The largest absolute Gasteiger partial charge is 0.389 e. The number of sulfone groups is 1. The molecule has 0 aliphatic carbocycles. The maximum Gasteiger partial charge on any atom is 0.152 e. The molecule has 0 spiro atoms. The Bertz CT molecular complexity index is 613. The first-order valence-corrected chi connectivity index (χ1v) is 8.45. The van der Waals surface area contributed by atoms with Crippen LogP contribution in [-0.4, -0.2) is 38.1 Å². The topological polar surface area (TPSA) is 57.6 Å². The lowest BCUT2D eigenvalue weighted by atomic mass is 10.0. The molecular weight excluding hydrogens is 281 g/mol. The molecule has 20 heavy (non-hydrogen) atoms. The second kappa shape index (κ2) is 5.33. The average molecular weight is 301 g/mol. The smallest absolute Gasteiger partial charge is 0.152 e. The first-order chi connectivity index (χ1) is 9.21. The summed E-state index contributed by atoms with van der Waals surface area (Å²) in [6.07, 6.45) is -0.241. The van der Waals surface area contributed by atoms with Crippen LogP contribution in [0.1, 0.15) is 30.6 Å². The summed E-state index contributed by atoms with van der Waals surface area (Å²) in [5.74, 6) is -0.0668. The highest BCUT2D eigenvalue weighted by molar-refractivity contribution is 7.91. The zero-order chi connectivity index (χ0) is 15.1. The number of hydrogen-bond acceptors (Lipinski definition) is 4. The molecule has 1 saturated heterocycles. The summed E-state index contributed by atoms with van der Waals surface area (Å²) in [7, 11) is -1.18. The van der Waals surface area contributed by atoms with Crippen molar-refractivity contribution in [3.05, 3.63) is 29.1 Å². The van der Waals surface area contributed by atoms with Gasteiger partial charge in [-0.05, 0) is 38.0 Å². The number of aryl methyl sites for hydroxylation is 1. The van der Waals surface area contributed by atoms with Gasteiger partial charge in [0.05, 0.1) is 17.6 Å². The van der Waals surface area contributed by atoms with Gasteiger partial charge in [-0.3, -0.25) is 0 Å². The van der Waals surface area contributed by atoms with E-state index in [1.165, 1.54) is 6.07 Å². The van der Waals surface area contributed by atoms with E-state index >= 15 is 0 Å². The molecule has 1 unspecified atom stereocenters. The fourth-order valence-electron chi connectivity index (χ4n) is 2.60. The molecule has 2 atom stereocenters. The van der Waals surface area contributed by atoms with Crippen molar-refractivity contribution in [3.63, 3.8) is 0 Å². The number of rotatable bonds is 3. The van der Waals surface area contributed by atoms with Gasteiger partial charge in [-0.25, -0.2) is 12.8 Å². The van der Waals surface area contributed by atoms with Crippen LogP contribution in [0.15, 0.2) is 12.1 Å². The van der Waals surface area contributed by atoms with Gasteiger partial charge in [-0.1, -0.05) is 0 Å². The van der Waals surface area contributed by atoms with Crippen molar-refractivity contribution in [2.24, 2.45) is 0 Å². The van der Waals surface area contributed by atoms with Crippen LogP contribution in [0, 0.1) is 12.7 Å². The van der Waals surface area contributed by atoms with Gasteiger partial charge in [-0.15, -0.1) is 0 Å². The summed E-state index contributed by atoms with van der Waals surface area (Å²) in [4.78, 5) is 1.85. The van der Waals surface area contributed by atoms with Gasteiger partial charge >= 0.3 is 0 Å². The van der Waals surface area contributed by atoms with Crippen molar-refractivity contribution in [3.8, 4) is 0 Å². The van der Waals surface area contributed by atoms with E-state index < -0.39 is 15.9 Å². The second-order valence-electron chi connectivity index (χ2n) is 5.50. The van der Waals surface area contributed by atoms with E-state index in [4.69, 9.17) is 0 Å². The molecule has 6 heteroatoms. The molecular formula is C14H20FNO3S. The van der Waals surface area contributed by atoms with E-state index in [0.717, 1.165) is 0 Å². The lowest BCUT2D eigenvalue weighted by Gasteiger charge is -2.29. The summed E-state index contributed by atoms with van der Waals surface area (Å²) in [5, 5.41) is 9.80. The highest BCUT2D eigenvalue weighted by atomic mass is 32.2. The summed E-state index contributed by atoms with van der Waals surface area (Å²) < 4.78 is 36.8. The minimum Gasteiger partial charge on any atom is -0.389 e. The number of anilines is 1. The average Bonchev–Trinajstić information content (AvgIpc) is 2.71. The van der Waals surface area contributed by atoms with E-state index in [9.17, 15) is 17.9 Å². The van der Waals surface area contributed by atoms with E-state index in [1.807, 2.05) is 4.90 Å². The van der Waals surface area contributed by atoms with Crippen molar-refractivity contribution in [1.29, 1.82) is 0 Å². The third kappa shape index (κ3) is 2.96. The fraction of sp³-hybridized carbons (Fsp3) is 0.571. The number of nitrogens with zero attached hydrogens (tertiary/aromatic N) is 1. The van der Waals surface area contributed by atoms with E-state index in [0.29, 0.717) is 23.2 Å². The molecule has 0 aromatic heterocycles. The molecule has 0 radical (unpaired) electrons. The molecule has 0 bridgehead atoms. The molecule has 0 saturated carbocycles. The fourth-order valence-corrected chi connectivity index (χ4v) is 4.37. The molecule has 4 nitrogen and oxygen atoms in total. The minimum atomic E-state index is -2.98. The monoisotopic (exact) mass is 301 g/mol. The van der Waals surface area contributed by atoms with Crippen LogP contribution < -0.4 is 4.90 Å². The molecule has 0 amide bonds. The number of aliphatic hydroxyl groups excluding tert-OH is 1. The van der Waals surface area contributed by atoms with Crippen molar-refractivity contribution in [2.75, 3.05) is 23.5 Å². The quantitative estimate of drug-likeness (QED) is 0.925. The van der Waals surface area contributed by atoms with Crippen LogP contribution in [0.25, 0.3) is 0 Å². The van der Waals surface area contributed by atoms with E-state index in [2.05, 4.69) is 0 Å². The predicted octanol–water partition coefficient (Wildman–Crippen LogP) is 1.81. The summed E-state index contributed by atoms with van der Waals surface area (Å²) >= 11 is 0. The number of halogens is 1. The zero-order valence-corrected chi connectivity index (χ0v) is 12.7. The van der Waals surface area contributed by atoms with Crippen LogP contribution in [0.4, 0.5) is 10.1 Å². The van der Waals surface area contributed by atoms with Crippen LogP contribution >= 0.6 is 0 Å². The Morgan fingerprint density at radius 1 is 1.45 bits per heavy atom. The first-order valence-electron chi connectivity index (χ1n) is 6.62. The lowest BCUT2D eigenvalue weighted by Crippen LogP contribution is -2.33. The molecule has 1 aromatic carbocycles. The second-order valence-corrected chi connectivity index (χ2v) is 7.73. The van der Waals surface area contributed by atoms with Crippen LogP contribution in [0.2, 0.25) is 0 Å². The van der Waals surface area contributed by atoms with Crippen molar-refractivity contribution in [1.82, 2.24) is 0 Å². The molecule has 1 aliphatic heterocycles. The Morgan fingerprint density at radius 2 is 2.10 bits per heavy atom. The normalized spacial score (nSPS) is 22.8. The highest BCUT2D eigenvalue weighted by Crippen LogP contribution is 2.31. The standard InChI is InChI=1S/C14H20FNO3S/c1-9-6-14(12(10(2)17)7-13(9)15)16(3)11-4-5-20(18,19)8-11/h6-7,10-11,17H,4-5,8H2,1-3H3/t10-,11?/m1/s1. The molecule has 1 N–H and O–H groups in total. The number of benzene rings is 1. The highest BCUT2D eigenvalue weighted by Gasteiger charge is 2.32. The third-order valence-corrected chi connectivity index (χ3v) is 5.64. The van der Waals surface area contributed by atoms with Crippen molar-refractivity contribution >= 4 is 15.5 Å². The third-order valence-electron chi connectivity index (χ3n) is 3.89. The minimum absolute atomic E-state index is 0.110. The van der Waals surface area contributed by atoms with Crippen LogP contribution in [0.5, 0.6) is 0 Å². The number of aliphatic hydroxyl groups is 1. The SMILES string of the molecule is Cc1cc(N(C)C2CCS(=O)(=O)C2)c([C@@H](C)O)cc1F. The summed E-state index contributed by atoms with van der Waals surface area (Å²) in [6.45, 7) is 3.23. The lowest BCUT2D eigenvalue weighted by molar-refractivity contribution is 0.199. The molecule has 1 heterocycles. The van der Waals surface area contributed by atoms with E-state index in [1.54, 1.807) is 27.0 Å². The Morgan fingerprint density at radius 3 is 2.60 bits per heavy atom. The van der Waals surface area contributed by atoms with Crippen molar-refractivity contribution < 1.29 is 17.9 Å². The zero-order valence-electron chi connectivity index (χ0n) is 11.9. The van der Waals surface area contributed by atoms with E-state index in [-0.39, 0.29) is 23.4 Å². The van der Waals surface area contributed by atoms with Gasteiger partial charge in [0.2, 0.25) is 0 Å². The van der Waals surface area contributed by atoms with Crippen LogP contribution in [0.3, 0.4) is 0 Å². The van der Waals surface area contributed by atoms with Gasteiger partial charge < -0.3 is 10.0 Å². The molecule has 2 rings (SSSR count). The van der Waals surface area contributed by atoms with Gasteiger partial charge in [0.1, 0.15) is 5.82 Å². The maximum absolute atomic E-state index is 13.7. The van der Waals surface area contributed by atoms with Gasteiger partial charge in [0, 0.05) is 24.3 Å². The summed E-state index contributed by atoms with van der Waals surface area (Å²) in [6, 6.07) is 2.87. The maximum atomic E-state index is 13.7. The van der Waals surface area contributed by atoms with Crippen LogP contribution in [-0.2, 0) is 9.84 Å². The molecule has 1 aliphatic rings. The van der Waals surface area contributed by atoms with Crippen molar-refractivity contribution in [2.45, 2.75) is 32.4 Å².